The summed E-state index contributed by atoms with van der Waals surface area (Å²) in [4.78, 5) is 20.4. The smallest absolute Gasteiger partial charge is 0.414 e. The van der Waals surface area contributed by atoms with E-state index >= 15 is 0 Å². The minimum Gasteiger partial charge on any atom is -0.493 e. The van der Waals surface area contributed by atoms with Gasteiger partial charge in [0.05, 0.1) is 7.11 Å². The highest BCUT2D eigenvalue weighted by molar-refractivity contribution is 6.27. The Morgan fingerprint density at radius 3 is 2.03 bits per heavy atom. The van der Waals surface area contributed by atoms with E-state index in [2.05, 4.69) is 24.1 Å². The van der Waals surface area contributed by atoms with E-state index in [0.717, 1.165) is 36.7 Å². The predicted molar refractivity (Wildman–Crippen MR) is 115 cm³/mol. The summed E-state index contributed by atoms with van der Waals surface area (Å²) in [5, 5.41) is 14.8. The van der Waals surface area contributed by atoms with Crippen LogP contribution < -0.4 is 9.47 Å². The van der Waals surface area contributed by atoms with Crippen molar-refractivity contribution < 1.29 is 29.3 Å². The van der Waals surface area contributed by atoms with Crippen molar-refractivity contribution in [2.45, 2.75) is 13.2 Å². The fraction of sp³-hybridized carbons (Fsp3) is 0.217. The van der Waals surface area contributed by atoms with Crippen molar-refractivity contribution in [3.8, 4) is 11.5 Å². The second kappa shape index (κ2) is 13.6. The molecule has 7 heteroatoms. The van der Waals surface area contributed by atoms with Gasteiger partial charge in [0.1, 0.15) is 6.61 Å². The standard InChI is InChI=1S/C21H25NO2.C2H2O4/c1-4-13-22(14-5-2)16-19-11-12-20(21(15-19)23-3)24-17-18-9-7-6-8-10-18;3-1(4)2(5)6/h4-12,15H,1-2,13-14,16-17H2,3H3;(H,3,4)(H,5,6). The first kappa shape index (κ1) is 24.5. The first-order valence-electron chi connectivity index (χ1n) is 9.15. The number of aliphatic carboxylic acids is 2. The first-order valence-corrected chi connectivity index (χ1v) is 9.15. The van der Waals surface area contributed by atoms with Crippen LogP contribution in [0.3, 0.4) is 0 Å². The number of hydrogen-bond donors (Lipinski definition) is 2. The van der Waals surface area contributed by atoms with E-state index in [1.54, 1.807) is 7.11 Å². The van der Waals surface area contributed by atoms with Crippen LogP contribution in [0.1, 0.15) is 11.1 Å². The Bertz CT molecular complexity index is 813. The van der Waals surface area contributed by atoms with E-state index in [0.29, 0.717) is 6.61 Å². The molecular formula is C23H27NO6. The first-order chi connectivity index (χ1) is 14.4. The molecule has 0 aliphatic carbocycles. The van der Waals surface area contributed by atoms with Gasteiger partial charge < -0.3 is 19.7 Å². The predicted octanol–water partition coefficient (Wildman–Crippen LogP) is 3.60. The summed E-state index contributed by atoms with van der Waals surface area (Å²) in [7, 11) is 1.67. The Balaban J connectivity index is 0.000000656. The number of methoxy groups -OCH3 is 1. The average molecular weight is 413 g/mol. The molecule has 0 saturated carbocycles. The van der Waals surface area contributed by atoms with Gasteiger partial charge in [0.25, 0.3) is 0 Å². The zero-order valence-electron chi connectivity index (χ0n) is 17.0. The van der Waals surface area contributed by atoms with Gasteiger partial charge in [-0.05, 0) is 23.3 Å². The van der Waals surface area contributed by atoms with Crippen LogP contribution >= 0.6 is 0 Å². The topological polar surface area (TPSA) is 96.3 Å². The van der Waals surface area contributed by atoms with E-state index in [4.69, 9.17) is 29.3 Å². The second-order valence-electron chi connectivity index (χ2n) is 6.14. The second-order valence-corrected chi connectivity index (χ2v) is 6.14. The summed E-state index contributed by atoms with van der Waals surface area (Å²) in [6.45, 7) is 10.6. The molecule has 2 aromatic rings. The number of hydrogen-bond acceptors (Lipinski definition) is 5. The fourth-order valence-corrected chi connectivity index (χ4v) is 2.49. The Morgan fingerprint density at radius 1 is 0.933 bits per heavy atom. The van der Waals surface area contributed by atoms with Crippen LogP contribution in [-0.4, -0.2) is 47.3 Å². The molecule has 0 amide bonds. The van der Waals surface area contributed by atoms with Gasteiger partial charge >= 0.3 is 11.9 Å². The van der Waals surface area contributed by atoms with Crippen molar-refractivity contribution in [3.05, 3.63) is 85.0 Å². The molecule has 0 aliphatic rings. The van der Waals surface area contributed by atoms with E-state index in [1.807, 2.05) is 54.6 Å². The summed E-state index contributed by atoms with van der Waals surface area (Å²) < 4.78 is 11.4. The number of ether oxygens (including phenoxy) is 2. The zero-order chi connectivity index (χ0) is 22.4. The zero-order valence-corrected chi connectivity index (χ0v) is 17.0. The van der Waals surface area contributed by atoms with Crippen molar-refractivity contribution in [3.63, 3.8) is 0 Å². The molecule has 7 nitrogen and oxygen atoms in total. The third-order valence-electron chi connectivity index (χ3n) is 3.83. The largest absolute Gasteiger partial charge is 0.493 e. The van der Waals surface area contributed by atoms with Gasteiger partial charge in [0.2, 0.25) is 0 Å². The summed E-state index contributed by atoms with van der Waals surface area (Å²) in [5.41, 5.74) is 2.30. The molecule has 2 aromatic carbocycles. The van der Waals surface area contributed by atoms with Gasteiger partial charge in [-0.2, -0.15) is 0 Å². The number of carbonyl (C=O) groups is 2. The number of carboxylic acids is 2. The van der Waals surface area contributed by atoms with Crippen LogP contribution in [0.2, 0.25) is 0 Å². The van der Waals surface area contributed by atoms with Crippen molar-refractivity contribution >= 4 is 11.9 Å². The minimum atomic E-state index is -1.82. The lowest BCUT2D eigenvalue weighted by Gasteiger charge is -2.19. The molecule has 0 fully saturated rings. The van der Waals surface area contributed by atoms with E-state index in [9.17, 15) is 0 Å². The van der Waals surface area contributed by atoms with Gasteiger partial charge in [-0.15, -0.1) is 13.2 Å². The summed E-state index contributed by atoms with van der Waals surface area (Å²) in [6.07, 6.45) is 3.80. The Labute approximate surface area is 176 Å². The Morgan fingerprint density at radius 2 is 1.53 bits per heavy atom. The van der Waals surface area contributed by atoms with Crippen LogP contribution in [0.4, 0.5) is 0 Å². The Hall–Kier alpha value is -3.58. The van der Waals surface area contributed by atoms with E-state index in [1.165, 1.54) is 5.56 Å². The molecule has 0 saturated heterocycles. The lowest BCUT2D eigenvalue weighted by atomic mass is 10.2. The summed E-state index contributed by atoms with van der Waals surface area (Å²) in [5.74, 6) is -2.14. The van der Waals surface area contributed by atoms with Crippen molar-refractivity contribution in [1.82, 2.24) is 4.90 Å². The molecule has 30 heavy (non-hydrogen) atoms. The lowest BCUT2D eigenvalue weighted by Crippen LogP contribution is -2.23. The SMILES string of the molecule is C=CCN(CC=C)Cc1ccc(OCc2ccccc2)c(OC)c1.O=C(O)C(=O)O. The minimum absolute atomic E-state index is 0.523. The maximum absolute atomic E-state index is 9.10. The maximum Gasteiger partial charge on any atom is 0.414 e. The van der Waals surface area contributed by atoms with Gasteiger partial charge in [0, 0.05) is 19.6 Å². The molecule has 0 unspecified atom stereocenters. The molecule has 0 aromatic heterocycles. The van der Waals surface area contributed by atoms with E-state index < -0.39 is 11.9 Å². The van der Waals surface area contributed by atoms with Gasteiger partial charge in [-0.1, -0.05) is 48.6 Å². The monoisotopic (exact) mass is 413 g/mol. The molecule has 2 N–H and O–H groups in total. The maximum atomic E-state index is 9.10. The molecule has 0 aliphatic heterocycles. The molecule has 0 radical (unpaired) electrons. The van der Waals surface area contributed by atoms with Crippen LogP contribution in [0, 0.1) is 0 Å². The van der Waals surface area contributed by atoms with Gasteiger partial charge in [-0.3, -0.25) is 4.90 Å². The highest BCUT2D eigenvalue weighted by Gasteiger charge is 2.09. The third-order valence-corrected chi connectivity index (χ3v) is 3.83. The number of benzene rings is 2. The molecule has 2 rings (SSSR count). The molecule has 0 atom stereocenters. The van der Waals surface area contributed by atoms with Crippen LogP contribution in [0.15, 0.2) is 73.8 Å². The molecule has 0 spiro atoms. The van der Waals surface area contributed by atoms with Crippen LogP contribution in [-0.2, 0) is 22.7 Å². The average Bonchev–Trinajstić information content (AvgIpc) is 2.74. The summed E-state index contributed by atoms with van der Waals surface area (Å²) in [6, 6.07) is 16.2. The van der Waals surface area contributed by atoms with Crippen LogP contribution in [0.5, 0.6) is 11.5 Å². The molecule has 0 bridgehead atoms. The molecule has 160 valence electrons. The highest BCUT2D eigenvalue weighted by atomic mass is 16.5. The lowest BCUT2D eigenvalue weighted by molar-refractivity contribution is -0.159. The number of rotatable bonds is 10. The third kappa shape index (κ3) is 9.07. The normalized spacial score (nSPS) is 9.80. The van der Waals surface area contributed by atoms with Crippen LogP contribution in [0.25, 0.3) is 0 Å². The quantitative estimate of drug-likeness (QED) is 0.454. The van der Waals surface area contributed by atoms with Crippen molar-refractivity contribution in [2.24, 2.45) is 0 Å². The fourth-order valence-electron chi connectivity index (χ4n) is 2.49. The number of nitrogens with zero attached hydrogens (tertiary/aromatic N) is 1. The molecular weight excluding hydrogens is 386 g/mol. The van der Waals surface area contributed by atoms with Crippen molar-refractivity contribution in [2.75, 3.05) is 20.2 Å². The summed E-state index contributed by atoms with van der Waals surface area (Å²) >= 11 is 0. The molecule has 0 heterocycles. The van der Waals surface area contributed by atoms with Gasteiger partial charge in [-0.25, -0.2) is 9.59 Å². The number of carboxylic acid groups (broad SMARTS) is 2. The van der Waals surface area contributed by atoms with Crippen molar-refractivity contribution in [1.29, 1.82) is 0 Å². The van der Waals surface area contributed by atoms with Gasteiger partial charge in [0.15, 0.2) is 11.5 Å². The Kier molecular flexibility index (Phi) is 11.1. The highest BCUT2D eigenvalue weighted by Crippen LogP contribution is 2.29. The van der Waals surface area contributed by atoms with E-state index in [-0.39, 0.29) is 0 Å².